The van der Waals surface area contributed by atoms with Gasteiger partial charge >= 0.3 is 0 Å². The second-order valence-electron chi connectivity index (χ2n) is 5.11. The Bertz CT molecular complexity index is 343. The van der Waals surface area contributed by atoms with Crippen LogP contribution in [0.4, 0.5) is 0 Å². The van der Waals surface area contributed by atoms with Crippen LogP contribution in [0.5, 0.6) is 0 Å². The molecular weight excluding hydrogens is 238 g/mol. The van der Waals surface area contributed by atoms with Crippen LogP contribution in [0.2, 0.25) is 0 Å². The number of carbonyl (C=O) groups excluding carboxylic acids is 1. The highest BCUT2D eigenvalue weighted by molar-refractivity contribution is 7.87. The van der Waals surface area contributed by atoms with Crippen LogP contribution in [-0.4, -0.2) is 22.4 Å². The van der Waals surface area contributed by atoms with Crippen molar-refractivity contribution in [2.24, 2.45) is 5.92 Å². The molecule has 1 fully saturated rings. The Labute approximate surface area is 104 Å². The van der Waals surface area contributed by atoms with Crippen LogP contribution >= 0.6 is 0 Å². The Balaban J connectivity index is 2.19. The number of carbonyl (C=O) groups is 1. The Kier molecular flexibility index (Phi) is 5.59. The zero-order chi connectivity index (χ0) is 12.9. The van der Waals surface area contributed by atoms with Crippen molar-refractivity contribution in [3.05, 3.63) is 0 Å². The number of nitrogens with one attached hydrogen (secondary N) is 1. The van der Waals surface area contributed by atoms with Crippen LogP contribution in [0.15, 0.2) is 0 Å². The normalized spacial score (nSPS) is 28.6. The van der Waals surface area contributed by atoms with Gasteiger partial charge in [-0.15, -0.1) is 0 Å². The minimum absolute atomic E-state index is 0.00550. The van der Waals surface area contributed by atoms with Gasteiger partial charge in [-0.25, -0.2) is 8.99 Å². The minimum atomic E-state index is -2.81. The zero-order valence-electron chi connectivity index (χ0n) is 10.7. The Morgan fingerprint density at radius 3 is 2.41 bits per heavy atom. The lowest BCUT2D eigenvalue weighted by atomic mass is 9.84. The molecule has 1 saturated carbocycles. The molecule has 0 aromatic carbocycles. The summed E-state index contributed by atoms with van der Waals surface area (Å²) in [4.78, 5) is 10.8. The fourth-order valence-electron chi connectivity index (χ4n) is 2.42. The largest absolute Gasteiger partial charge is 0.300 e. The van der Waals surface area contributed by atoms with Gasteiger partial charge in [-0.2, -0.15) is 0 Å². The van der Waals surface area contributed by atoms with E-state index in [1.54, 1.807) is 6.92 Å². The predicted octanol–water partition coefficient (Wildman–Crippen LogP) is 2.91. The first-order valence-electron chi connectivity index (χ1n) is 6.28. The number of hydrogen-bond donors (Lipinski definition) is 1. The van der Waals surface area contributed by atoms with Crippen molar-refractivity contribution in [3.8, 4) is 0 Å². The van der Waals surface area contributed by atoms with Crippen molar-refractivity contribution in [2.45, 2.75) is 58.0 Å². The summed E-state index contributed by atoms with van der Waals surface area (Å²) in [6.07, 6.45) is 8.02. The molecule has 0 spiro atoms. The molecule has 0 saturated heterocycles. The summed E-state index contributed by atoms with van der Waals surface area (Å²) in [5.74, 6) is 0.940. The third-order valence-electron chi connectivity index (χ3n) is 3.25. The molecule has 0 aromatic heterocycles. The molecule has 0 radical (unpaired) electrons. The van der Waals surface area contributed by atoms with Crippen LogP contribution in [0.1, 0.15) is 51.9 Å². The van der Waals surface area contributed by atoms with Crippen LogP contribution in [0.25, 0.3) is 0 Å². The van der Waals surface area contributed by atoms with E-state index < -0.39 is 10.0 Å². The SMILES string of the molecule is CC(=O)CCCC1CCC(OS(C)(=N)=O)CC1. The van der Waals surface area contributed by atoms with Crippen molar-refractivity contribution < 1.29 is 13.2 Å². The van der Waals surface area contributed by atoms with E-state index in [9.17, 15) is 9.00 Å². The molecule has 1 aliphatic rings. The van der Waals surface area contributed by atoms with E-state index in [-0.39, 0.29) is 11.9 Å². The van der Waals surface area contributed by atoms with E-state index in [1.165, 1.54) is 6.26 Å². The molecule has 1 unspecified atom stereocenters. The molecule has 1 atom stereocenters. The molecule has 4 nitrogen and oxygen atoms in total. The maximum atomic E-state index is 11.2. The summed E-state index contributed by atoms with van der Waals surface area (Å²) in [6.45, 7) is 1.64. The summed E-state index contributed by atoms with van der Waals surface area (Å²) in [5.41, 5.74) is 0. The van der Waals surface area contributed by atoms with E-state index in [0.717, 1.165) is 38.5 Å². The maximum absolute atomic E-state index is 11.2. The molecule has 100 valence electrons. The molecule has 1 rings (SSSR count). The number of rotatable bonds is 6. The lowest BCUT2D eigenvalue weighted by molar-refractivity contribution is -0.117. The molecule has 1 N–H and O–H groups in total. The summed E-state index contributed by atoms with van der Waals surface area (Å²) >= 11 is 0. The average molecular weight is 261 g/mol. The first-order valence-corrected chi connectivity index (χ1v) is 8.17. The van der Waals surface area contributed by atoms with Gasteiger partial charge in [-0.3, -0.25) is 4.18 Å². The third-order valence-corrected chi connectivity index (χ3v) is 3.89. The van der Waals surface area contributed by atoms with Crippen LogP contribution in [-0.2, 0) is 19.0 Å². The molecule has 0 amide bonds. The quantitative estimate of drug-likeness (QED) is 0.799. The Hall–Kier alpha value is -0.420. The molecule has 0 aromatic rings. The fourth-order valence-corrected chi connectivity index (χ4v) is 3.13. The standard InChI is InChI=1S/C12H23NO3S/c1-10(14)4-3-5-11-6-8-12(9-7-11)16-17(2,13)15/h11-13H,3-9H2,1-2H3. The van der Waals surface area contributed by atoms with Crippen molar-refractivity contribution in [3.63, 3.8) is 0 Å². The highest BCUT2D eigenvalue weighted by Crippen LogP contribution is 2.30. The van der Waals surface area contributed by atoms with Crippen molar-refractivity contribution in [2.75, 3.05) is 6.26 Å². The zero-order valence-corrected chi connectivity index (χ0v) is 11.6. The van der Waals surface area contributed by atoms with E-state index in [1.807, 2.05) is 0 Å². The van der Waals surface area contributed by atoms with Gasteiger partial charge in [0.05, 0.1) is 6.10 Å². The van der Waals surface area contributed by atoms with Gasteiger partial charge in [-0.1, -0.05) is 6.42 Å². The lowest BCUT2D eigenvalue weighted by Gasteiger charge is -2.28. The van der Waals surface area contributed by atoms with Gasteiger partial charge in [0.25, 0.3) is 0 Å². The highest BCUT2D eigenvalue weighted by Gasteiger charge is 2.23. The topological polar surface area (TPSA) is 67.2 Å². The average Bonchev–Trinajstić information content (AvgIpc) is 2.18. The second kappa shape index (κ2) is 6.50. The predicted molar refractivity (Wildman–Crippen MR) is 68.1 cm³/mol. The molecule has 17 heavy (non-hydrogen) atoms. The van der Waals surface area contributed by atoms with Crippen LogP contribution in [0, 0.1) is 10.7 Å². The summed E-state index contributed by atoms with van der Waals surface area (Å²) in [7, 11) is -2.81. The van der Waals surface area contributed by atoms with Gasteiger partial charge in [0.2, 0.25) is 0 Å². The van der Waals surface area contributed by atoms with E-state index in [0.29, 0.717) is 12.3 Å². The molecule has 5 heteroatoms. The van der Waals surface area contributed by atoms with Gasteiger partial charge in [0, 0.05) is 12.7 Å². The molecule has 1 aliphatic carbocycles. The summed E-state index contributed by atoms with van der Waals surface area (Å²) in [5, 5.41) is 0. The van der Waals surface area contributed by atoms with E-state index in [2.05, 4.69) is 0 Å². The smallest absolute Gasteiger partial charge is 0.157 e. The van der Waals surface area contributed by atoms with Gasteiger partial charge in [0.15, 0.2) is 10.0 Å². The monoisotopic (exact) mass is 261 g/mol. The number of hydrogen-bond acceptors (Lipinski definition) is 4. The van der Waals surface area contributed by atoms with Crippen molar-refractivity contribution in [1.29, 1.82) is 4.78 Å². The second-order valence-corrected chi connectivity index (χ2v) is 6.84. The lowest BCUT2D eigenvalue weighted by Crippen LogP contribution is -2.23. The van der Waals surface area contributed by atoms with E-state index >= 15 is 0 Å². The first kappa shape index (κ1) is 14.6. The highest BCUT2D eigenvalue weighted by atomic mass is 32.2. The Morgan fingerprint density at radius 2 is 1.94 bits per heavy atom. The number of Topliss-reactive ketones (excluding diaryl/α,β-unsaturated/α-hetero) is 1. The van der Waals surface area contributed by atoms with Gasteiger partial charge in [-0.05, 0) is 44.9 Å². The minimum Gasteiger partial charge on any atom is -0.300 e. The van der Waals surface area contributed by atoms with Crippen LogP contribution < -0.4 is 0 Å². The molecule has 0 bridgehead atoms. The van der Waals surface area contributed by atoms with E-state index in [4.69, 9.17) is 8.96 Å². The first-order chi connectivity index (χ1) is 7.87. The fraction of sp³-hybridized carbons (Fsp3) is 0.917. The molecular formula is C12H23NO3S. The van der Waals surface area contributed by atoms with Crippen LogP contribution in [0.3, 0.4) is 0 Å². The van der Waals surface area contributed by atoms with Gasteiger partial charge in [0.1, 0.15) is 5.78 Å². The molecule has 0 heterocycles. The summed E-state index contributed by atoms with van der Waals surface area (Å²) < 4.78 is 23.6. The Morgan fingerprint density at radius 1 is 1.35 bits per heavy atom. The van der Waals surface area contributed by atoms with Crippen molar-refractivity contribution >= 4 is 15.8 Å². The number of ketones is 1. The van der Waals surface area contributed by atoms with Gasteiger partial charge < -0.3 is 4.79 Å². The summed E-state index contributed by atoms with van der Waals surface area (Å²) in [6, 6.07) is 0. The molecule has 0 aliphatic heterocycles. The third kappa shape index (κ3) is 6.78. The maximum Gasteiger partial charge on any atom is 0.157 e. The van der Waals surface area contributed by atoms with Crippen molar-refractivity contribution in [1.82, 2.24) is 0 Å².